The molecule has 0 radical (unpaired) electrons. The molecule has 2 N–H and O–H groups in total. The molecule has 0 fully saturated rings. The molecule has 0 aliphatic carbocycles. The van der Waals surface area contributed by atoms with Gasteiger partial charge >= 0.3 is 0 Å². The van der Waals surface area contributed by atoms with Gasteiger partial charge in [-0.15, -0.1) is 0 Å². The number of alkyl halides is 1. The number of aliphatic hydroxyl groups excluding tert-OH is 1. The van der Waals surface area contributed by atoms with Crippen LogP contribution in [-0.2, 0) is 16.6 Å². The van der Waals surface area contributed by atoms with Crippen molar-refractivity contribution in [1.82, 2.24) is 9.88 Å². The number of rotatable bonds is 7. The molecule has 2 aromatic rings. The number of sulfonamides is 1. The van der Waals surface area contributed by atoms with E-state index in [-0.39, 0.29) is 13.0 Å². The zero-order chi connectivity index (χ0) is 16.2. The fourth-order valence-electron chi connectivity index (χ4n) is 1.88. The first-order valence-electron chi connectivity index (χ1n) is 6.63. The average Bonchev–Trinajstić information content (AvgIpc) is 2.94. The first-order valence-corrected chi connectivity index (χ1v) is 8.53. The Hall–Kier alpha value is -1.77. The largest absolute Gasteiger partial charge is 0.388 e. The third-order valence-electron chi connectivity index (χ3n) is 3.04. The van der Waals surface area contributed by atoms with Crippen LogP contribution in [0, 0.1) is 0 Å². The molecule has 6 nitrogen and oxygen atoms in total. The standard InChI is InChI=1S/C14H17FN2O4S/c1-22(19,20)16-9-12-8-14(21-17-12)11-4-2-10(3-5-11)13(18)6-7-15/h2-5,8,13,16,18H,6-7,9H2,1H3/t13-/m0/s1. The van der Waals surface area contributed by atoms with Crippen LogP contribution in [0.1, 0.15) is 23.8 Å². The van der Waals surface area contributed by atoms with Gasteiger partial charge in [0.15, 0.2) is 5.76 Å². The van der Waals surface area contributed by atoms with E-state index in [9.17, 15) is 17.9 Å². The van der Waals surface area contributed by atoms with E-state index in [1.807, 2.05) is 0 Å². The van der Waals surface area contributed by atoms with Gasteiger partial charge in [-0.2, -0.15) is 0 Å². The van der Waals surface area contributed by atoms with Crippen LogP contribution in [0.4, 0.5) is 4.39 Å². The lowest BCUT2D eigenvalue weighted by molar-refractivity contribution is 0.156. The molecule has 1 aromatic heterocycles. The van der Waals surface area contributed by atoms with Crippen molar-refractivity contribution in [2.45, 2.75) is 19.1 Å². The monoisotopic (exact) mass is 328 g/mol. The molecular formula is C14H17FN2O4S. The Labute approximate surface area is 128 Å². The quantitative estimate of drug-likeness (QED) is 0.808. The predicted molar refractivity (Wildman–Crippen MR) is 79.2 cm³/mol. The highest BCUT2D eigenvalue weighted by atomic mass is 32.2. The van der Waals surface area contributed by atoms with Gasteiger partial charge in [0.2, 0.25) is 10.0 Å². The minimum atomic E-state index is -3.29. The number of halogens is 1. The molecule has 120 valence electrons. The summed E-state index contributed by atoms with van der Waals surface area (Å²) >= 11 is 0. The van der Waals surface area contributed by atoms with Crippen LogP contribution in [0.3, 0.4) is 0 Å². The van der Waals surface area contributed by atoms with Gasteiger partial charge in [-0.05, 0) is 5.56 Å². The smallest absolute Gasteiger partial charge is 0.209 e. The number of aromatic nitrogens is 1. The summed E-state index contributed by atoms with van der Waals surface area (Å²) in [6, 6.07) is 8.46. The molecule has 0 aliphatic heterocycles. The molecule has 0 saturated carbocycles. The lowest BCUT2D eigenvalue weighted by Gasteiger charge is -2.08. The molecule has 1 aromatic carbocycles. The Balaban J connectivity index is 2.07. The van der Waals surface area contributed by atoms with Gasteiger partial charge in [-0.25, -0.2) is 13.1 Å². The number of hydrogen-bond donors (Lipinski definition) is 2. The highest BCUT2D eigenvalue weighted by Crippen LogP contribution is 2.24. The summed E-state index contributed by atoms with van der Waals surface area (Å²) in [7, 11) is -3.29. The molecule has 8 heteroatoms. The number of nitrogens with one attached hydrogen (secondary N) is 1. The summed E-state index contributed by atoms with van der Waals surface area (Å²) in [5, 5.41) is 13.5. The fraction of sp³-hybridized carbons (Fsp3) is 0.357. The maximum atomic E-state index is 12.2. The lowest BCUT2D eigenvalue weighted by Crippen LogP contribution is -2.21. The second-order valence-corrected chi connectivity index (χ2v) is 6.72. The van der Waals surface area contributed by atoms with E-state index >= 15 is 0 Å². The van der Waals surface area contributed by atoms with Crippen LogP contribution in [0.25, 0.3) is 11.3 Å². The van der Waals surface area contributed by atoms with Crippen LogP contribution >= 0.6 is 0 Å². The zero-order valence-electron chi connectivity index (χ0n) is 12.0. The summed E-state index contributed by atoms with van der Waals surface area (Å²) in [6.07, 6.45) is 0.293. The summed E-state index contributed by atoms with van der Waals surface area (Å²) in [5.74, 6) is 0.483. The van der Waals surface area contributed by atoms with Crippen molar-refractivity contribution in [3.63, 3.8) is 0 Å². The summed E-state index contributed by atoms with van der Waals surface area (Å²) < 4.78 is 41.7. The van der Waals surface area contributed by atoms with Gasteiger partial charge in [0.25, 0.3) is 0 Å². The molecule has 1 atom stereocenters. The van der Waals surface area contributed by atoms with Gasteiger partial charge in [0, 0.05) is 18.1 Å². The molecule has 0 saturated heterocycles. The van der Waals surface area contributed by atoms with E-state index in [1.165, 1.54) is 0 Å². The van der Waals surface area contributed by atoms with Crippen LogP contribution in [0.15, 0.2) is 34.9 Å². The summed E-state index contributed by atoms with van der Waals surface area (Å²) in [4.78, 5) is 0. The normalized spacial score (nSPS) is 13.2. The Morgan fingerprint density at radius 1 is 1.36 bits per heavy atom. The number of aliphatic hydroxyl groups is 1. The predicted octanol–water partition coefficient (Wildman–Crippen LogP) is 1.78. The highest BCUT2D eigenvalue weighted by molar-refractivity contribution is 7.88. The van der Waals surface area contributed by atoms with E-state index < -0.39 is 22.8 Å². The van der Waals surface area contributed by atoms with E-state index in [4.69, 9.17) is 4.52 Å². The third kappa shape index (κ3) is 4.62. The van der Waals surface area contributed by atoms with E-state index in [0.29, 0.717) is 17.0 Å². The van der Waals surface area contributed by atoms with Crippen molar-refractivity contribution in [3.8, 4) is 11.3 Å². The van der Waals surface area contributed by atoms with Crippen molar-refractivity contribution >= 4 is 10.0 Å². The average molecular weight is 328 g/mol. The van der Waals surface area contributed by atoms with Crippen LogP contribution < -0.4 is 4.72 Å². The summed E-state index contributed by atoms with van der Waals surface area (Å²) in [5.41, 5.74) is 1.82. The topological polar surface area (TPSA) is 92.4 Å². The summed E-state index contributed by atoms with van der Waals surface area (Å²) in [6.45, 7) is -0.530. The Morgan fingerprint density at radius 2 is 2.05 bits per heavy atom. The second kappa shape index (κ2) is 6.99. The minimum absolute atomic E-state index is 0.0512. The molecule has 0 unspecified atom stereocenters. The van der Waals surface area contributed by atoms with E-state index in [1.54, 1.807) is 30.3 Å². The van der Waals surface area contributed by atoms with Gasteiger partial charge in [0.05, 0.1) is 31.3 Å². The lowest BCUT2D eigenvalue weighted by atomic mass is 10.0. The molecule has 22 heavy (non-hydrogen) atoms. The van der Waals surface area contributed by atoms with Crippen molar-refractivity contribution < 1.29 is 22.4 Å². The van der Waals surface area contributed by atoms with E-state index in [2.05, 4.69) is 9.88 Å². The first-order chi connectivity index (χ1) is 10.4. The molecule has 1 heterocycles. The Morgan fingerprint density at radius 3 is 2.64 bits per heavy atom. The van der Waals surface area contributed by atoms with Crippen molar-refractivity contribution in [3.05, 3.63) is 41.6 Å². The molecule has 2 rings (SSSR count). The second-order valence-electron chi connectivity index (χ2n) is 4.89. The highest BCUT2D eigenvalue weighted by Gasteiger charge is 2.11. The zero-order valence-corrected chi connectivity index (χ0v) is 12.8. The molecule has 0 amide bonds. The van der Waals surface area contributed by atoms with Crippen molar-refractivity contribution in [2.24, 2.45) is 0 Å². The number of hydrogen-bond acceptors (Lipinski definition) is 5. The maximum absolute atomic E-state index is 12.2. The first kappa shape index (κ1) is 16.6. The Kier molecular flexibility index (Phi) is 5.28. The third-order valence-corrected chi connectivity index (χ3v) is 3.71. The molecule has 0 bridgehead atoms. The fourth-order valence-corrected chi connectivity index (χ4v) is 2.29. The van der Waals surface area contributed by atoms with Crippen LogP contribution in [0.5, 0.6) is 0 Å². The van der Waals surface area contributed by atoms with Crippen LogP contribution in [0.2, 0.25) is 0 Å². The molecule has 0 aliphatic rings. The van der Waals surface area contributed by atoms with Crippen molar-refractivity contribution in [1.29, 1.82) is 0 Å². The van der Waals surface area contributed by atoms with Crippen molar-refractivity contribution in [2.75, 3.05) is 12.9 Å². The van der Waals surface area contributed by atoms with Crippen LogP contribution in [-0.4, -0.2) is 31.6 Å². The number of nitrogens with zero attached hydrogens (tertiary/aromatic N) is 1. The minimum Gasteiger partial charge on any atom is -0.388 e. The maximum Gasteiger partial charge on any atom is 0.209 e. The molecule has 0 spiro atoms. The number of benzene rings is 1. The Bertz CT molecular complexity index is 713. The SMILES string of the molecule is CS(=O)(=O)NCc1cc(-c2ccc([C@@H](O)CCF)cc2)on1. The van der Waals surface area contributed by atoms with E-state index in [0.717, 1.165) is 11.8 Å². The van der Waals surface area contributed by atoms with Gasteiger partial charge < -0.3 is 9.63 Å². The van der Waals surface area contributed by atoms with Gasteiger partial charge in [-0.3, -0.25) is 4.39 Å². The molecular weight excluding hydrogens is 311 g/mol. The van der Waals surface area contributed by atoms with Gasteiger partial charge in [-0.1, -0.05) is 29.4 Å². The van der Waals surface area contributed by atoms with Gasteiger partial charge in [0.1, 0.15) is 0 Å².